The Balaban J connectivity index is 3.24. The van der Waals surface area contributed by atoms with E-state index in [0.29, 0.717) is 5.69 Å². The maximum absolute atomic E-state index is 8.38. The number of aromatic nitrogens is 2. The lowest BCUT2D eigenvalue weighted by atomic mass is 10.5. The molecule has 0 radical (unpaired) electrons. The van der Waals surface area contributed by atoms with Crippen molar-refractivity contribution < 1.29 is 0 Å². The molecule has 0 fully saturated rings. The fraction of sp³-hybridized carbons (Fsp3) is 0.200. The van der Waals surface area contributed by atoms with Crippen molar-refractivity contribution in [3.8, 4) is 6.07 Å². The molecule has 4 heteroatoms. The Labute approximate surface area is 61.1 Å². The van der Waals surface area contributed by atoms with E-state index in [1.165, 1.54) is 0 Å². The molecule has 0 bridgehead atoms. The van der Waals surface area contributed by atoms with Crippen LogP contribution in [0.25, 0.3) is 0 Å². The van der Waals surface area contributed by atoms with Gasteiger partial charge in [0.05, 0.1) is 6.33 Å². The third-order valence-electron chi connectivity index (χ3n) is 0.971. The van der Waals surface area contributed by atoms with Gasteiger partial charge in [-0.05, 0) is 15.9 Å². The van der Waals surface area contributed by atoms with E-state index in [0.717, 1.165) is 4.60 Å². The highest BCUT2D eigenvalue weighted by atomic mass is 79.9. The monoisotopic (exact) mass is 185 g/mol. The van der Waals surface area contributed by atoms with E-state index in [-0.39, 0.29) is 0 Å². The average Bonchev–Trinajstić information content (AvgIpc) is 2.15. The Morgan fingerprint density at radius 3 is 2.78 bits per heavy atom. The summed E-state index contributed by atoms with van der Waals surface area (Å²) < 4.78 is 2.46. The number of rotatable bonds is 0. The van der Waals surface area contributed by atoms with E-state index in [4.69, 9.17) is 5.26 Å². The van der Waals surface area contributed by atoms with E-state index in [1.54, 1.807) is 10.9 Å². The standard InChI is InChI=1S/C5H4BrN3/c1-9-3-8-4(2-7)5(9)6/h3H,1H3. The van der Waals surface area contributed by atoms with Crippen LogP contribution in [0.5, 0.6) is 0 Å². The molecule has 0 aromatic carbocycles. The van der Waals surface area contributed by atoms with Gasteiger partial charge in [0, 0.05) is 7.05 Å². The van der Waals surface area contributed by atoms with Gasteiger partial charge in [-0.25, -0.2) is 4.98 Å². The second kappa shape index (κ2) is 2.19. The van der Waals surface area contributed by atoms with Crippen LogP contribution in [0.3, 0.4) is 0 Å². The molecule has 0 aliphatic heterocycles. The minimum absolute atomic E-state index is 0.428. The summed E-state index contributed by atoms with van der Waals surface area (Å²) in [4.78, 5) is 3.79. The molecule has 1 rings (SSSR count). The van der Waals surface area contributed by atoms with Crippen LogP contribution in [0.4, 0.5) is 0 Å². The summed E-state index contributed by atoms with van der Waals surface area (Å²) in [5, 5.41) is 8.38. The number of imidazole rings is 1. The minimum atomic E-state index is 0.428. The van der Waals surface area contributed by atoms with E-state index < -0.39 is 0 Å². The van der Waals surface area contributed by atoms with Gasteiger partial charge in [0.25, 0.3) is 0 Å². The van der Waals surface area contributed by atoms with Gasteiger partial charge in [-0.3, -0.25) is 0 Å². The van der Waals surface area contributed by atoms with Gasteiger partial charge in [0.15, 0.2) is 5.69 Å². The zero-order valence-electron chi connectivity index (χ0n) is 4.80. The van der Waals surface area contributed by atoms with Crippen LogP contribution < -0.4 is 0 Å². The predicted molar refractivity (Wildman–Crippen MR) is 35.6 cm³/mol. The van der Waals surface area contributed by atoms with Crippen molar-refractivity contribution in [3.63, 3.8) is 0 Å². The molecular formula is C5H4BrN3. The highest BCUT2D eigenvalue weighted by molar-refractivity contribution is 9.10. The van der Waals surface area contributed by atoms with Gasteiger partial charge < -0.3 is 4.57 Å². The van der Waals surface area contributed by atoms with Crippen molar-refractivity contribution in [2.24, 2.45) is 7.05 Å². The lowest BCUT2D eigenvalue weighted by molar-refractivity contribution is 0.890. The van der Waals surface area contributed by atoms with Crippen molar-refractivity contribution in [2.75, 3.05) is 0 Å². The third-order valence-corrected chi connectivity index (χ3v) is 1.91. The maximum Gasteiger partial charge on any atom is 0.173 e. The van der Waals surface area contributed by atoms with Crippen molar-refractivity contribution in [3.05, 3.63) is 16.6 Å². The molecule has 9 heavy (non-hydrogen) atoms. The molecule has 1 aromatic rings. The Morgan fingerprint density at radius 2 is 2.56 bits per heavy atom. The lowest BCUT2D eigenvalue weighted by Gasteiger charge is -1.87. The first-order chi connectivity index (χ1) is 4.25. The SMILES string of the molecule is Cn1cnc(C#N)c1Br. The first kappa shape index (κ1) is 6.30. The van der Waals surface area contributed by atoms with Crippen LogP contribution in [-0.4, -0.2) is 9.55 Å². The summed E-state index contributed by atoms with van der Waals surface area (Å²) in [6.45, 7) is 0. The molecule has 0 atom stereocenters. The molecule has 0 saturated heterocycles. The van der Waals surface area contributed by atoms with Gasteiger partial charge in [0.2, 0.25) is 0 Å². The Bertz CT molecular complexity index is 258. The van der Waals surface area contributed by atoms with Gasteiger partial charge in [-0.15, -0.1) is 0 Å². The van der Waals surface area contributed by atoms with E-state index in [2.05, 4.69) is 20.9 Å². The molecule has 0 unspecified atom stereocenters. The highest BCUT2D eigenvalue weighted by Gasteiger charge is 2.01. The number of nitrogens with zero attached hydrogens (tertiary/aromatic N) is 3. The molecular weight excluding hydrogens is 182 g/mol. The van der Waals surface area contributed by atoms with Gasteiger partial charge in [0.1, 0.15) is 10.7 Å². The number of aryl methyl sites for hydroxylation is 1. The van der Waals surface area contributed by atoms with Crippen LogP contribution in [-0.2, 0) is 7.05 Å². The molecule has 3 nitrogen and oxygen atoms in total. The molecule has 0 amide bonds. The third kappa shape index (κ3) is 0.958. The van der Waals surface area contributed by atoms with Gasteiger partial charge in [-0.2, -0.15) is 5.26 Å². The van der Waals surface area contributed by atoms with Crippen molar-refractivity contribution in [2.45, 2.75) is 0 Å². The maximum atomic E-state index is 8.38. The quantitative estimate of drug-likeness (QED) is 0.607. The second-order valence-corrected chi connectivity index (χ2v) is 2.36. The molecule has 46 valence electrons. The summed E-state index contributed by atoms with van der Waals surface area (Å²) in [7, 11) is 1.82. The summed E-state index contributed by atoms with van der Waals surface area (Å²) in [5.41, 5.74) is 0.428. The van der Waals surface area contributed by atoms with Crippen molar-refractivity contribution in [1.29, 1.82) is 5.26 Å². The summed E-state index contributed by atoms with van der Waals surface area (Å²) in [6, 6.07) is 1.94. The molecule has 0 saturated carbocycles. The summed E-state index contributed by atoms with van der Waals surface area (Å²) in [6.07, 6.45) is 1.59. The fourth-order valence-corrected chi connectivity index (χ4v) is 0.773. The van der Waals surface area contributed by atoms with Crippen molar-refractivity contribution >= 4 is 15.9 Å². The first-order valence-corrected chi connectivity index (χ1v) is 3.12. The molecule has 0 aliphatic carbocycles. The topological polar surface area (TPSA) is 41.6 Å². The predicted octanol–water partition coefficient (Wildman–Crippen LogP) is 1.05. The average molecular weight is 186 g/mol. The minimum Gasteiger partial charge on any atom is -0.327 e. The van der Waals surface area contributed by atoms with Gasteiger partial charge in [-0.1, -0.05) is 0 Å². The highest BCUT2D eigenvalue weighted by Crippen LogP contribution is 2.11. The molecule has 0 N–H and O–H groups in total. The summed E-state index contributed by atoms with van der Waals surface area (Å²) in [5.74, 6) is 0. The normalized spacial score (nSPS) is 9.00. The molecule has 1 aromatic heterocycles. The van der Waals surface area contributed by atoms with Crippen LogP contribution in [0, 0.1) is 11.3 Å². The Morgan fingerprint density at radius 1 is 1.89 bits per heavy atom. The molecule has 1 heterocycles. The van der Waals surface area contributed by atoms with Crippen LogP contribution in [0.2, 0.25) is 0 Å². The summed E-state index contributed by atoms with van der Waals surface area (Å²) >= 11 is 3.19. The van der Waals surface area contributed by atoms with Gasteiger partial charge >= 0.3 is 0 Å². The first-order valence-electron chi connectivity index (χ1n) is 2.32. The zero-order valence-corrected chi connectivity index (χ0v) is 6.38. The fourth-order valence-electron chi connectivity index (χ4n) is 0.490. The van der Waals surface area contributed by atoms with E-state index >= 15 is 0 Å². The Hall–Kier alpha value is -0.820. The molecule has 0 aliphatic rings. The Kier molecular flexibility index (Phi) is 1.54. The van der Waals surface area contributed by atoms with Crippen molar-refractivity contribution in [1.82, 2.24) is 9.55 Å². The van der Waals surface area contributed by atoms with E-state index in [1.807, 2.05) is 13.1 Å². The lowest BCUT2D eigenvalue weighted by Crippen LogP contribution is -1.83. The van der Waals surface area contributed by atoms with Crippen LogP contribution in [0.15, 0.2) is 10.9 Å². The molecule has 0 spiro atoms. The van der Waals surface area contributed by atoms with Crippen LogP contribution >= 0.6 is 15.9 Å². The number of halogens is 1. The van der Waals surface area contributed by atoms with E-state index in [9.17, 15) is 0 Å². The number of nitriles is 1. The second-order valence-electron chi connectivity index (χ2n) is 1.61. The largest absolute Gasteiger partial charge is 0.327 e. The zero-order chi connectivity index (χ0) is 6.85. The van der Waals surface area contributed by atoms with Crippen LogP contribution in [0.1, 0.15) is 5.69 Å². The smallest absolute Gasteiger partial charge is 0.173 e. The number of hydrogen-bond donors (Lipinski definition) is 0. The number of hydrogen-bond acceptors (Lipinski definition) is 2.